The molecule has 2 aromatic heterocycles. The predicted molar refractivity (Wildman–Crippen MR) is 97.7 cm³/mol. The highest BCUT2D eigenvalue weighted by atomic mass is 16.2. The molecule has 3 rings (SSSR count). The lowest BCUT2D eigenvalue weighted by atomic mass is 9.86. The van der Waals surface area contributed by atoms with Gasteiger partial charge in [0.1, 0.15) is 12.1 Å². The van der Waals surface area contributed by atoms with Gasteiger partial charge in [0.15, 0.2) is 0 Å². The van der Waals surface area contributed by atoms with Gasteiger partial charge in [0.05, 0.1) is 5.69 Å². The zero-order chi connectivity index (χ0) is 18.2. The number of carbonyl (C=O) groups is 1. The number of nitrogens with zero attached hydrogens (tertiary/aromatic N) is 3. The molecule has 2 unspecified atom stereocenters. The Morgan fingerprint density at radius 1 is 1.28 bits per heavy atom. The lowest BCUT2D eigenvalue weighted by molar-refractivity contribution is -0.123. The first-order valence-corrected chi connectivity index (χ1v) is 9.14. The van der Waals surface area contributed by atoms with Crippen molar-refractivity contribution in [1.82, 2.24) is 19.5 Å². The van der Waals surface area contributed by atoms with Gasteiger partial charge in [-0.3, -0.25) is 9.59 Å². The Morgan fingerprint density at radius 3 is 2.68 bits per heavy atom. The van der Waals surface area contributed by atoms with Gasteiger partial charge in [-0.25, -0.2) is 4.52 Å². The Morgan fingerprint density at radius 2 is 2.00 bits per heavy atom. The summed E-state index contributed by atoms with van der Waals surface area (Å²) in [6.45, 7) is 8.42. The van der Waals surface area contributed by atoms with Crippen molar-refractivity contribution < 1.29 is 4.79 Å². The molecule has 2 atom stereocenters. The summed E-state index contributed by atoms with van der Waals surface area (Å²) in [5, 5.41) is 7.57. The molecule has 0 radical (unpaired) electrons. The number of fused-ring (bicyclic) bond motifs is 1. The van der Waals surface area contributed by atoms with Crippen LogP contribution in [0, 0.1) is 5.92 Å². The van der Waals surface area contributed by atoms with Gasteiger partial charge in [0.2, 0.25) is 5.91 Å². The van der Waals surface area contributed by atoms with Crippen molar-refractivity contribution in [2.24, 2.45) is 5.92 Å². The fourth-order valence-corrected chi connectivity index (χ4v) is 3.46. The second-order valence-electron chi connectivity index (χ2n) is 8.28. The Kier molecular flexibility index (Phi) is 4.71. The van der Waals surface area contributed by atoms with E-state index in [1.54, 1.807) is 16.9 Å². The fraction of sp³-hybridized carbons (Fsp3) is 0.632. The van der Waals surface area contributed by atoms with Crippen molar-refractivity contribution >= 4 is 11.4 Å². The van der Waals surface area contributed by atoms with Crippen LogP contribution in [0.25, 0.3) is 5.52 Å². The summed E-state index contributed by atoms with van der Waals surface area (Å²) in [6, 6.07) is 2.04. The number of aromatic nitrogens is 3. The second kappa shape index (κ2) is 6.65. The average molecular weight is 344 g/mol. The summed E-state index contributed by atoms with van der Waals surface area (Å²) in [6.07, 6.45) is 7.95. The van der Waals surface area contributed by atoms with Crippen LogP contribution in [-0.4, -0.2) is 26.1 Å². The molecule has 25 heavy (non-hydrogen) atoms. The molecular formula is C19H28N4O2. The Bertz CT molecular complexity index is 828. The Hall–Kier alpha value is -2.11. The molecule has 1 N–H and O–H groups in total. The maximum Gasteiger partial charge on any atom is 0.277 e. The van der Waals surface area contributed by atoms with Crippen LogP contribution in [0.15, 0.2) is 23.3 Å². The monoisotopic (exact) mass is 344 g/mol. The number of carbonyl (C=O) groups excluding carboxylic acids is 1. The third kappa shape index (κ3) is 3.78. The smallest absolute Gasteiger partial charge is 0.277 e. The molecule has 1 fully saturated rings. The van der Waals surface area contributed by atoms with Crippen molar-refractivity contribution in [2.75, 3.05) is 0 Å². The number of hydrogen-bond acceptors (Lipinski definition) is 3. The van der Waals surface area contributed by atoms with Crippen LogP contribution < -0.4 is 10.9 Å². The van der Waals surface area contributed by atoms with E-state index in [1.165, 1.54) is 11.0 Å². The third-order valence-corrected chi connectivity index (χ3v) is 5.14. The molecule has 0 saturated heterocycles. The van der Waals surface area contributed by atoms with E-state index in [-0.39, 0.29) is 29.5 Å². The molecule has 0 aromatic carbocycles. The molecule has 136 valence electrons. The zero-order valence-electron chi connectivity index (χ0n) is 15.6. The minimum atomic E-state index is -0.183. The highest BCUT2D eigenvalue weighted by molar-refractivity contribution is 5.76. The number of amides is 1. The van der Waals surface area contributed by atoms with Gasteiger partial charge >= 0.3 is 0 Å². The molecule has 1 saturated carbocycles. The highest BCUT2D eigenvalue weighted by Gasteiger charge is 2.23. The first-order valence-electron chi connectivity index (χ1n) is 9.14. The van der Waals surface area contributed by atoms with Gasteiger partial charge in [0, 0.05) is 23.9 Å². The molecule has 0 bridgehead atoms. The molecule has 6 heteroatoms. The van der Waals surface area contributed by atoms with E-state index < -0.39 is 0 Å². The number of rotatable bonds is 3. The molecule has 1 aliphatic rings. The molecular weight excluding hydrogens is 316 g/mol. The van der Waals surface area contributed by atoms with Crippen LogP contribution in [0.4, 0.5) is 0 Å². The topological polar surface area (TPSA) is 68.4 Å². The maximum atomic E-state index is 12.7. The van der Waals surface area contributed by atoms with Crippen molar-refractivity contribution in [3.05, 3.63) is 34.5 Å². The lowest BCUT2D eigenvalue weighted by Gasteiger charge is -2.29. The van der Waals surface area contributed by atoms with Gasteiger partial charge in [0.25, 0.3) is 5.56 Å². The van der Waals surface area contributed by atoms with Crippen molar-refractivity contribution in [3.8, 4) is 0 Å². The van der Waals surface area contributed by atoms with Crippen LogP contribution in [-0.2, 0) is 16.8 Å². The Labute approximate surface area is 148 Å². The fourth-order valence-electron chi connectivity index (χ4n) is 3.46. The van der Waals surface area contributed by atoms with Crippen LogP contribution in [0.3, 0.4) is 0 Å². The number of nitrogens with one attached hydrogen (secondary N) is 1. The molecule has 0 spiro atoms. The van der Waals surface area contributed by atoms with E-state index in [1.807, 2.05) is 6.07 Å². The molecule has 2 aromatic rings. The SMILES string of the molecule is CC1CCCCC1NC(=O)Cn1ccn2nc(C(C)(C)C)cc2c1=O. The van der Waals surface area contributed by atoms with Crippen molar-refractivity contribution in [3.63, 3.8) is 0 Å². The molecule has 1 amide bonds. The maximum absolute atomic E-state index is 12.7. The van der Waals surface area contributed by atoms with E-state index in [0.29, 0.717) is 11.4 Å². The van der Waals surface area contributed by atoms with Crippen molar-refractivity contribution in [2.45, 2.75) is 71.4 Å². The summed E-state index contributed by atoms with van der Waals surface area (Å²) in [7, 11) is 0. The van der Waals surface area contributed by atoms with E-state index in [0.717, 1.165) is 25.0 Å². The summed E-state index contributed by atoms with van der Waals surface area (Å²) >= 11 is 0. The van der Waals surface area contributed by atoms with Crippen LogP contribution in [0.1, 0.15) is 59.1 Å². The van der Waals surface area contributed by atoms with Crippen LogP contribution in [0.2, 0.25) is 0 Å². The average Bonchev–Trinajstić information content (AvgIpc) is 2.98. The third-order valence-electron chi connectivity index (χ3n) is 5.14. The minimum absolute atomic E-state index is 0.0502. The summed E-state index contributed by atoms with van der Waals surface area (Å²) in [5.41, 5.74) is 1.06. The standard InChI is InChI=1S/C19H28N4O2/c1-13-7-5-6-8-14(13)20-17(24)12-22-9-10-23-15(18(22)25)11-16(21-23)19(2,3)4/h9-11,13-14H,5-8,12H2,1-4H3,(H,20,24). The van der Waals surface area contributed by atoms with E-state index in [2.05, 4.69) is 38.1 Å². The van der Waals surface area contributed by atoms with Crippen molar-refractivity contribution in [1.29, 1.82) is 0 Å². The largest absolute Gasteiger partial charge is 0.352 e. The Balaban J connectivity index is 1.78. The molecule has 1 aliphatic carbocycles. The van der Waals surface area contributed by atoms with Gasteiger partial charge in [-0.05, 0) is 24.8 Å². The van der Waals surface area contributed by atoms with E-state index in [9.17, 15) is 9.59 Å². The van der Waals surface area contributed by atoms with Crippen LogP contribution >= 0.6 is 0 Å². The molecule has 0 aliphatic heterocycles. The molecule has 6 nitrogen and oxygen atoms in total. The lowest BCUT2D eigenvalue weighted by Crippen LogP contribution is -2.43. The quantitative estimate of drug-likeness (QED) is 0.930. The van der Waals surface area contributed by atoms with E-state index >= 15 is 0 Å². The minimum Gasteiger partial charge on any atom is -0.352 e. The number of hydrogen-bond donors (Lipinski definition) is 1. The predicted octanol–water partition coefficient (Wildman–Crippen LogP) is 2.49. The van der Waals surface area contributed by atoms with Gasteiger partial charge in [-0.2, -0.15) is 5.10 Å². The molecule has 2 heterocycles. The first kappa shape index (κ1) is 17.7. The normalized spacial score (nSPS) is 21.4. The highest BCUT2D eigenvalue weighted by Crippen LogP contribution is 2.23. The summed E-state index contributed by atoms with van der Waals surface area (Å²) < 4.78 is 3.06. The second-order valence-corrected chi connectivity index (χ2v) is 8.28. The van der Waals surface area contributed by atoms with Gasteiger partial charge in [-0.1, -0.05) is 40.5 Å². The first-order chi connectivity index (χ1) is 11.8. The van der Waals surface area contributed by atoms with Gasteiger partial charge < -0.3 is 9.88 Å². The van der Waals surface area contributed by atoms with Gasteiger partial charge in [-0.15, -0.1) is 0 Å². The summed E-state index contributed by atoms with van der Waals surface area (Å²) in [4.78, 5) is 25.1. The zero-order valence-corrected chi connectivity index (χ0v) is 15.6. The summed E-state index contributed by atoms with van der Waals surface area (Å²) in [5.74, 6) is 0.404. The van der Waals surface area contributed by atoms with E-state index in [4.69, 9.17) is 0 Å². The van der Waals surface area contributed by atoms with Crippen LogP contribution in [0.5, 0.6) is 0 Å².